The Bertz CT molecular complexity index is 118. The average Bonchev–Trinajstić information content (AvgIpc) is 2.16. The third kappa shape index (κ3) is 7.30. The highest BCUT2D eigenvalue weighted by Gasteiger charge is 2.07. The van der Waals surface area contributed by atoms with Crippen molar-refractivity contribution in [3.63, 3.8) is 0 Å². The Labute approximate surface area is 88.3 Å². The van der Waals surface area contributed by atoms with Crippen molar-refractivity contribution in [2.45, 2.75) is 45.6 Å². The first-order valence-corrected chi connectivity index (χ1v) is 5.77. The third-order valence-corrected chi connectivity index (χ3v) is 2.48. The van der Waals surface area contributed by atoms with E-state index in [0.29, 0.717) is 12.6 Å². The number of nitrogens with two attached hydrogens (primary N) is 1. The molecule has 0 aromatic carbocycles. The van der Waals surface area contributed by atoms with Gasteiger partial charge in [-0.15, -0.1) is 0 Å². The average molecular weight is 202 g/mol. The van der Waals surface area contributed by atoms with Crippen LogP contribution < -0.4 is 5.73 Å². The second-order valence-corrected chi connectivity index (χ2v) is 4.06. The van der Waals surface area contributed by atoms with Gasteiger partial charge in [-0.2, -0.15) is 0 Å². The molecule has 3 nitrogen and oxygen atoms in total. The fraction of sp³-hybridized carbons (Fsp3) is 1.00. The van der Waals surface area contributed by atoms with Crippen LogP contribution in [0.5, 0.6) is 0 Å². The molecular formula is C11H26N2O. The molecule has 3 N–H and O–H groups in total. The Kier molecular flexibility index (Phi) is 9.35. The largest absolute Gasteiger partial charge is 0.396 e. The summed E-state index contributed by atoms with van der Waals surface area (Å²) in [5.41, 5.74) is 5.44. The molecular weight excluding hydrogens is 176 g/mol. The van der Waals surface area contributed by atoms with E-state index in [1.807, 2.05) is 0 Å². The zero-order valence-corrected chi connectivity index (χ0v) is 9.71. The second-order valence-electron chi connectivity index (χ2n) is 4.06. The first kappa shape index (κ1) is 13.9. The van der Waals surface area contributed by atoms with Gasteiger partial charge in [-0.25, -0.2) is 0 Å². The molecule has 0 aliphatic rings. The number of hydrogen-bond acceptors (Lipinski definition) is 3. The fourth-order valence-electron chi connectivity index (χ4n) is 1.54. The van der Waals surface area contributed by atoms with Crippen LogP contribution in [0.2, 0.25) is 0 Å². The van der Waals surface area contributed by atoms with Gasteiger partial charge in [-0.3, -0.25) is 0 Å². The van der Waals surface area contributed by atoms with Crippen molar-refractivity contribution in [3.05, 3.63) is 0 Å². The number of unbranched alkanes of at least 4 members (excludes halogenated alkanes) is 2. The van der Waals surface area contributed by atoms with Gasteiger partial charge in [0.15, 0.2) is 0 Å². The van der Waals surface area contributed by atoms with E-state index in [-0.39, 0.29) is 0 Å². The molecule has 0 amide bonds. The van der Waals surface area contributed by atoms with Crippen LogP contribution in [0.1, 0.15) is 39.5 Å². The van der Waals surface area contributed by atoms with Gasteiger partial charge in [0, 0.05) is 19.2 Å². The van der Waals surface area contributed by atoms with Crippen LogP contribution in [0.4, 0.5) is 0 Å². The summed E-state index contributed by atoms with van der Waals surface area (Å²) in [6, 6.07) is 0.583. The molecule has 0 radical (unpaired) electrons. The van der Waals surface area contributed by atoms with Gasteiger partial charge in [-0.05, 0) is 46.2 Å². The Morgan fingerprint density at radius 2 is 1.71 bits per heavy atom. The highest BCUT2D eigenvalue weighted by molar-refractivity contribution is 4.62. The number of aliphatic hydroxyl groups excluding tert-OH is 1. The van der Waals surface area contributed by atoms with Crippen molar-refractivity contribution >= 4 is 0 Å². The van der Waals surface area contributed by atoms with E-state index in [4.69, 9.17) is 10.8 Å². The second kappa shape index (κ2) is 9.44. The van der Waals surface area contributed by atoms with E-state index >= 15 is 0 Å². The predicted molar refractivity (Wildman–Crippen MR) is 61.3 cm³/mol. The Morgan fingerprint density at radius 3 is 2.21 bits per heavy atom. The maximum absolute atomic E-state index is 8.76. The van der Waals surface area contributed by atoms with Crippen molar-refractivity contribution in [2.75, 3.05) is 26.2 Å². The zero-order valence-electron chi connectivity index (χ0n) is 9.71. The maximum atomic E-state index is 8.76. The third-order valence-electron chi connectivity index (χ3n) is 2.48. The zero-order chi connectivity index (χ0) is 10.8. The summed E-state index contributed by atoms with van der Waals surface area (Å²) in [7, 11) is 0. The van der Waals surface area contributed by atoms with Crippen LogP contribution in [0.25, 0.3) is 0 Å². The lowest BCUT2D eigenvalue weighted by atomic mass is 10.2. The van der Waals surface area contributed by atoms with Crippen molar-refractivity contribution in [1.29, 1.82) is 0 Å². The normalized spacial score (nSPS) is 11.6. The molecule has 0 aromatic rings. The van der Waals surface area contributed by atoms with Gasteiger partial charge in [0.1, 0.15) is 0 Å². The van der Waals surface area contributed by atoms with Crippen molar-refractivity contribution in [1.82, 2.24) is 4.90 Å². The number of nitrogens with zero attached hydrogens (tertiary/aromatic N) is 1. The highest BCUT2D eigenvalue weighted by atomic mass is 16.3. The molecule has 0 bridgehead atoms. The Balaban J connectivity index is 3.52. The first-order valence-electron chi connectivity index (χ1n) is 5.77. The summed E-state index contributed by atoms with van der Waals surface area (Å²) in [6.07, 6.45) is 4.46. The first-order chi connectivity index (χ1) is 6.72. The molecule has 0 saturated carbocycles. The van der Waals surface area contributed by atoms with Crippen LogP contribution in [0, 0.1) is 0 Å². The van der Waals surface area contributed by atoms with Gasteiger partial charge < -0.3 is 15.7 Å². The summed E-state index contributed by atoms with van der Waals surface area (Å²) in [5, 5.41) is 8.76. The van der Waals surface area contributed by atoms with Gasteiger partial charge in [0.25, 0.3) is 0 Å². The smallest absolute Gasteiger partial charge is 0.0443 e. The molecule has 0 saturated heterocycles. The Morgan fingerprint density at radius 1 is 1.07 bits per heavy atom. The van der Waals surface area contributed by atoms with E-state index < -0.39 is 0 Å². The van der Waals surface area contributed by atoms with Gasteiger partial charge in [0.2, 0.25) is 0 Å². The van der Waals surface area contributed by atoms with Crippen LogP contribution in [-0.4, -0.2) is 42.3 Å². The SMILES string of the molecule is CC(C)N(CCCO)CCCCCN. The molecule has 0 fully saturated rings. The molecule has 3 heteroatoms. The lowest BCUT2D eigenvalue weighted by molar-refractivity contribution is 0.189. The van der Waals surface area contributed by atoms with E-state index in [2.05, 4.69) is 18.7 Å². The van der Waals surface area contributed by atoms with Gasteiger partial charge >= 0.3 is 0 Å². The highest BCUT2D eigenvalue weighted by Crippen LogP contribution is 2.03. The topological polar surface area (TPSA) is 49.5 Å². The quantitative estimate of drug-likeness (QED) is 0.553. The standard InChI is InChI=1S/C11H26N2O/c1-11(2)13(9-6-10-14)8-5-3-4-7-12/h11,14H,3-10,12H2,1-2H3. The number of hydrogen-bond donors (Lipinski definition) is 2. The molecule has 0 rings (SSSR count). The number of aliphatic hydroxyl groups is 1. The molecule has 14 heavy (non-hydrogen) atoms. The van der Waals surface area contributed by atoms with E-state index in [9.17, 15) is 0 Å². The lowest BCUT2D eigenvalue weighted by Crippen LogP contribution is -2.33. The minimum absolute atomic E-state index is 0.298. The van der Waals surface area contributed by atoms with E-state index in [1.54, 1.807) is 0 Å². The lowest BCUT2D eigenvalue weighted by Gasteiger charge is -2.26. The monoisotopic (exact) mass is 202 g/mol. The summed E-state index contributed by atoms with van der Waals surface area (Å²) >= 11 is 0. The molecule has 0 aliphatic heterocycles. The molecule has 0 spiro atoms. The van der Waals surface area contributed by atoms with Crippen molar-refractivity contribution in [2.24, 2.45) is 5.73 Å². The Hall–Kier alpha value is -0.120. The predicted octanol–water partition coefficient (Wildman–Crippen LogP) is 1.21. The van der Waals surface area contributed by atoms with Crippen LogP contribution in [-0.2, 0) is 0 Å². The molecule has 0 heterocycles. The minimum Gasteiger partial charge on any atom is -0.396 e. The van der Waals surface area contributed by atoms with Crippen LogP contribution in [0.15, 0.2) is 0 Å². The van der Waals surface area contributed by atoms with Crippen LogP contribution >= 0.6 is 0 Å². The van der Waals surface area contributed by atoms with Crippen molar-refractivity contribution < 1.29 is 5.11 Å². The minimum atomic E-state index is 0.298. The van der Waals surface area contributed by atoms with E-state index in [0.717, 1.165) is 32.5 Å². The van der Waals surface area contributed by atoms with E-state index in [1.165, 1.54) is 12.8 Å². The number of rotatable bonds is 9. The van der Waals surface area contributed by atoms with Gasteiger partial charge in [-0.1, -0.05) is 6.42 Å². The molecule has 0 unspecified atom stereocenters. The molecule has 0 aliphatic carbocycles. The summed E-state index contributed by atoms with van der Waals surface area (Å²) < 4.78 is 0. The molecule has 86 valence electrons. The summed E-state index contributed by atoms with van der Waals surface area (Å²) in [6.45, 7) is 7.67. The fourth-order valence-corrected chi connectivity index (χ4v) is 1.54. The molecule has 0 atom stereocenters. The van der Waals surface area contributed by atoms with Gasteiger partial charge in [0.05, 0.1) is 0 Å². The van der Waals surface area contributed by atoms with Crippen molar-refractivity contribution in [3.8, 4) is 0 Å². The van der Waals surface area contributed by atoms with Crippen LogP contribution in [0.3, 0.4) is 0 Å². The molecule has 0 aromatic heterocycles. The summed E-state index contributed by atoms with van der Waals surface area (Å²) in [4.78, 5) is 2.42. The maximum Gasteiger partial charge on any atom is 0.0443 e. The summed E-state index contributed by atoms with van der Waals surface area (Å²) in [5.74, 6) is 0.